The Morgan fingerprint density at radius 1 is 1.21 bits per heavy atom. The van der Waals surface area contributed by atoms with Crippen molar-refractivity contribution >= 4 is 17.6 Å². The van der Waals surface area contributed by atoms with Crippen LogP contribution in [0.4, 0.5) is 0 Å². The standard InChI is InChI=1S/C22H21ClN2O4/c23-18-8-6-17(7-9-18)22(11-10-19-12-24-15-25-19)28-14-20(29-22)13-27-21(26)16-4-2-1-3-5-16/h1-9,12,15,20H,10-11,13-14H2,(H,24,25). The van der Waals surface area contributed by atoms with E-state index in [1.807, 2.05) is 30.3 Å². The largest absolute Gasteiger partial charge is 0.459 e. The van der Waals surface area contributed by atoms with E-state index in [9.17, 15) is 4.79 Å². The minimum absolute atomic E-state index is 0.118. The molecule has 4 rings (SSSR count). The highest BCUT2D eigenvalue weighted by Crippen LogP contribution is 2.39. The SMILES string of the molecule is O=C(OCC1COC(CCc2cnc[nH]2)(c2ccc(Cl)cc2)O1)c1ccccc1. The molecule has 0 bridgehead atoms. The van der Waals surface area contributed by atoms with Gasteiger partial charge < -0.3 is 19.2 Å². The predicted molar refractivity (Wildman–Crippen MR) is 108 cm³/mol. The molecule has 150 valence electrons. The highest BCUT2D eigenvalue weighted by Gasteiger charge is 2.43. The minimum atomic E-state index is -0.931. The molecule has 1 fully saturated rings. The van der Waals surface area contributed by atoms with Crippen molar-refractivity contribution in [1.29, 1.82) is 0 Å². The molecule has 2 aromatic carbocycles. The summed E-state index contributed by atoms with van der Waals surface area (Å²) in [6, 6.07) is 16.3. The summed E-state index contributed by atoms with van der Waals surface area (Å²) in [4.78, 5) is 19.4. The number of hydrogen-bond donors (Lipinski definition) is 1. The topological polar surface area (TPSA) is 73.4 Å². The zero-order chi connectivity index (χ0) is 20.1. The lowest BCUT2D eigenvalue weighted by molar-refractivity contribution is -0.184. The Morgan fingerprint density at radius 3 is 2.72 bits per heavy atom. The van der Waals surface area contributed by atoms with Gasteiger partial charge in [-0.15, -0.1) is 0 Å². The van der Waals surface area contributed by atoms with Gasteiger partial charge in [0, 0.05) is 28.9 Å². The number of carbonyl (C=O) groups excluding carboxylic acids is 1. The van der Waals surface area contributed by atoms with Gasteiger partial charge in [-0.3, -0.25) is 0 Å². The number of nitrogens with zero attached hydrogens (tertiary/aromatic N) is 1. The highest BCUT2D eigenvalue weighted by atomic mass is 35.5. The molecule has 1 aromatic heterocycles. The van der Waals surface area contributed by atoms with E-state index in [0.717, 1.165) is 11.3 Å². The van der Waals surface area contributed by atoms with Crippen LogP contribution in [0.2, 0.25) is 5.02 Å². The average molecular weight is 413 g/mol. The first-order valence-corrected chi connectivity index (χ1v) is 9.80. The molecule has 3 aromatic rings. The molecule has 6 nitrogen and oxygen atoms in total. The first kappa shape index (κ1) is 19.6. The Labute approximate surface area is 173 Å². The van der Waals surface area contributed by atoms with E-state index < -0.39 is 5.79 Å². The quantitative estimate of drug-likeness (QED) is 0.591. The fourth-order valence-corrected chi connectivity index (χ4v) is 3.45. The van der Waals surface area contributed by atoms with Crippen LogP contribution in [0.25, 0.3) is 0 Å². The smallest absolute Gasteiger partial charge is 0.338 e. The van der Waals surface area contributed by atoms with Gasteiger partial charge in [0.25, 0.3) is 0 Å². The molecule has 1 aliphatic rings. The van der Waals surface area contributed by atoms with Gasteiger partial charge in [0.05, 0.1) is 18.5 Å². The van der Waals surface area contributed by atoms with Crippen molar-refractivity contribution in [2.45, 2.75) is 24.7 Å². The second-order valence-corrected chi connectivity index (χ2v) is 7.29. The molecule has 7 heteroatoms. The van der Waals surface area contributed by atoms with Crippen molar-refractivity contribution in [2.24, 2.45) is 0 Å². The number of imidazole rings is 1. The van der Waals surface area contributed by atoms with Gasteiger partial charge >= 0.3 is 5.97 Å². The Morgan fingerprint density at radius 2 is 2.00 bits per heavy atom. The average Bonchev–Trinajstić information content (AvgIpc) is 3.42. The second kappa shape index (κ2) is 8.78. The van der Waals surface area contributed by atoms with Crippen LogP contribution in [-0.2, 0) is 26.4 Å². The van der Waals surface area contributed by atoms with Crippen LogP contribution < -0.4 is 0 Å². The number of halogens is 1. The van der Waals surface area contributed by atoms with Crippen molar-refractivity contribution < 1.29 is 19.0 Å². The molecule has 2 unspecified atom stereocenters. The summed E-state index contributed by atoms with van der Waals surface area (Å²) < 4.78 is 17.8. The fraction of sp³-hybridized carbons (Fsp3) is 0.273. The summed E-state index contributed by atoms with van der Waals surface area (Å²) in [6.07, 6.45) is 4.34. The van der Waals surface area contributed by atoms with Crippen LogP contribution in [0, 0.1) is 0 Å². The van der Waals surface area contributed by atoms with Crippen molar-refractivity contribution in [2.75, 3.05) is 13.2 Å². The Hall–Kier alpha value is -2.67. The Bertz CT molecular complexity index is 931. The summed E-state index contributed by atoms with van der Waals surface area (Å²) in [5.41, 5.74) is 2.37. The maximum absolute atomic E-state index is 12.2. The number of aromatic nitrogens is 2. The molecule has 0 spiro atoms. The third-order valence-electron chi connectivity index (χ3n) is 4.83. The third kappa shape index (κ3) is 4.67. The minimum Gasteiger partial charge on any atom is -0.459 e. The van der Waals surface area contributed by atoms with Crippen LogP contribution in [0.1, 0.15) is 28.0 Å². The number of carbonyl (C=O) groups is 1. The number of hydrogen-bond acceptors (Lipinski definition) is 5. The summed E-state index contributed by atoms with van der Waals surface area (Å²) in [6.45, 7) is 0.445. The van der Waals surface area contributed by atoms with Gasteiger partial charge in [0.15, 0.2) is 5.79 Å². The molecule has 1 aliphatic heterocycles. The molecule has 0 radical (unpaired) electrons. The lowest BCUT2D eigenvalue weighted by atomic mass is 9.99. The summed E-state index contributed by atoms with van der Waals surface area (Å²) in [5.74, 6) is -1.31. The van der Waals surface area contributed by atoms with E-state index in [-0.39, 0.29) is 18.7 Å². The maximum Gasteiger partial charge on any atom is 0.338 e. The normalized spacial score (nSPS) is 21.2. The van der Waals surface area contributed by atoms with E-state index in [2.05, 4.69) is 9.97 Å². The van der Waals surface area contributed by atoms with Gasteiger partial charge in [0.1, 0.15) is 12.7 Å². The summed E-state index contributed by atoms with van der Waals surface area (Å²) >= 11 is 6.04. The Kier molecular flexibility index (Phi) is 5.94. The predicted octanol–water partition coefficient (Wildman–Crippen LogP) is 4.12. The molecule has 0 amide bonds. The fourth-order valence-electron chi connectivity index (χ4n) is 3.32. The maximum atomic E-state index is 12.2. The van der Waals surface area contributed by atoms with Crippen LogP contribution in [0.3, 0.4) is 0 Å². The number of aryl methyl sites for hydroxylation is 1. The van der Waals surface area contributed by atoms with Crippen molar-refractivity contribution in [1.82, 2.24) is 9.97 Å². The number of esters is 1. The van der Waals surface area contributed by atoms with E-state index in [1.165, 1.54) is 0 Å². The lowest BCUT2D eigenvalue weighted by Crippen LogP contribution is -2.30. The zero-order valence-corrected chi connectivity index (χ0v) is 16.5. The molecule has 29 heavy (non-hydrogen) atoms. The van der Waals surface area contributed by atoms with Gasteiger partial charge in [-0.05, 0) is 30.7 Å². The van der Waals surface area contributed by atoms with E-state index in [1.54, 1.807) is 36.8 Å². The molecule has 0 saturated carbocycles. The van der Waals surface area contributed by atoms with E-state index >= 15 is 0 Å². The number of H-pyrrole nitrogens is 1. The second-order valence-electron chi connectivity index (χ2n) is 6.85. The van der Waals surface area contributed by atoms with Crippen LogP contribution in [0.5, 0.6) is 0 Å². The number of nitrogens with one attached hydrogen (secondary N) is 1. The van der Waals surface area contributed by atoms with Crippen molar-refractivity contribution in [3.05, 3.63) is 89.0 Å². The van der Waals surface area contributed by atoms with Crippen LogP contribution in [-0.4, -0.2) is 35.3 Å². The molecule has 1 N–H and O–H groups in total. The van der Waals surface area contributed by atoms with Crippen molar-refractivity contribution in [3.8, 4) is 0 Å². The molecule has 2 atom stereocenters. The van der Waals surface area contributed by atoms with Crippen LogP contribution in [0.15, 0.2) is 67.1 Å². The molecular formula is C22H21ClN2O4. The molecule has 2 heterocycles. The van der Waals surface area contributed by atoms with E-state index in [0.29, 0.717) is 30.0 Å². The number of aromatic amines is 1. The number of ether oxygens (including phenoxy) is 3. The molecular weight excluding hydrogens is 392 g/mol. The van der Waals surface area contributed by atoms with Gasteiger partial charge in [-0.25, -0.2) is 9.78 Å². The number of rotatable bonds is 7. The Balaban J connectivity index is 1.44. The zero-order valence-electron chi connectivity index (χ0n) is 15.7. The van der Waals surface area contributed by atoms with Gasteiger partial charge in [0.2, 0.25) is 0 Å². The third-order valence-corrected chi connectivity index (χ3v) is 5.08. The first-order chi connectivity index (χ1) is 14.1. The van der Waals surface area contributed by atoms with Crippen LogP contribution >= 0.6 is 11.6 Å². The van der Waals surface area contributed by atoms with Gasteiger partial charge in [-0.1, -0.05) is 41.9 Å². The first-order valence-electron chi connectivity index (χ1n) is 9.42. The van der Waals surface area contributed by atoms with Gasteiger partial charge in [-0.2, -0.15) is 0 Å². The van der Waals surface area contributed by atoms with Crippen molar-refractivity contribution in [3.63, 3.8) is 0 Å². The summed E-state index contributed by atoms with van der Waals surface area (Å²) in [5, 5.41) is 0.642. The highest BCUT2D eigenvalue weighted by molar-refractivity contribution is 6.30. The molecule has 1 saturated heterocycles. The number of benzene rings is 2. The lowest BCUT2D eigenvalue weighted by Gasteiger charge is -2.28. The monoisotopic (exact) mass is 412 g/mol. The van der Waals surface area contributed by atoms with E-state index in [4.69, 9.17) is 25.8 Å². The molecule has 0 aliphatic carbocycles. The summed E-state index contributed by atoms with van der Waals surface area (Å²) in [7, 11) is 0.